The van der Waals surface area contributed by atoms with Crippen molar-refractivity contribution in [2.45, 2.75) is 0 Å². The van der Waals surface area contributed by atoms with Crippen LogP contribution in [0.2, 0.25) is 0 Å². The molecular weight excluding hydrogens is 154 g/mol. The maximum atomic E-state index is 10.4. The topological polar surface area (TPSA) is 69.0 Å². The van der Waals surface area contributed by atoms with Crippen LogP contribution in [-0.2, 0) is 0 Å². The first-order valence-corrected chi connectivity index (χ1v) is 3.16. The van der Waals surface area contributed by atoms with Gasteiger partial charge in [-0.25, -0.2) is 0 Å². The van der Waals surface area contributed by atoms with E-state index in [1.54, 1.807) is 0 Å². The Balaban J connectivity index is 3.34. The van der Waals surface area contributed by atoms with Crippen molar-refractivity contribution in [2.75, 3.05) is 0 Å². The average molecular weight is 158 g/mol. The molecule has 0 unspecified atom stereocenters. The van der Waals surface area contributed by atoms with E-state index in [1.807, 2.05) is 6.07 Å². The van der Waals surface area contributed by atoms with Crippen molar-refractivity contribution in [3.8, 4) is 6.07 Å². The molecule has 0 saturated heterocycles. The lowest BCUT2D eigenvalue weighted by Crippen LogP contribution is -1.81. The third kappa shape index (κ3) is 1.28. The second kappa shape index (κ2) is 3.27. The molecule has 0 N–H and O–H groups in total. The van der Waals surface area contributed by atoms with Crippen LogP contribution in [0, 0.1) is 16.7 Å². The van der Waals surface area contributed by atoms with Crippen LogP contribution < -0.4 is 0 Å². The SMILES string of the molecule is N#Cc1ccc([N+]#N)c(C=O)c1. The molecule has 0 saturated carbocycles. The number of carbonyl (C=O) groups excluding carboxylic acids is 1. The molecule has 0 heterocycles. The van der Waals surface area contributed by atoms with Crippen LogP contribution in [0.4, 0.5) is 5.69 Å². The summed E-state index contributed by atoms with van der Waals surface area (Å²) in [5, 5.41) is 16.9. The Bertz CT molecular complexity index is 398. The molecule has 0 radical (unpaired) electrons. The number of benzene rings is 1. The lowest BCUT2D eigenvalue weighted by atomic mass is 10.1. The minimum atomic E-state index is 0.170. The maximum Gasteiger partial charge on any atom is 0.395 e. The highest BCUT2D eigenvalue weighted by Gasteiger charge is 2.12. The Morgan fingerprint density at radius 1 is 1.50 bits per heavy atom. The first-order valence-electron chi connectivity index (χ1n) is 3.16. The lowest BCUT2D eigenvalue weighted by molar-refractivity contribution is 0.112. The highest BCUT2D eigenvalue weighted by molar-refractivity contribution is 5.85. The zero-order chi connectivity index (χ0) is 8.97. The van der Waals surface area contributed by atoms with E-state index in [0.29, 0.717) is 11.8 Å². The smallest absolute Gasteiger partial charge is 0.298 e. The second-order valence-electron chi connectivity index (χ2n) is 2.10. The number of rotatable bonds is 1. The third-order valence-corrected chi connectivity index (χ3v) is 1.39. The number of carbonyl (C=O) groups is 1. The quantitative estimate of drug-likeness (QED) is 0.462. The first kappa shape index (κ1) is 7.90. The Morgan fingerprint density at radius 3 is 2.75 bits per heavy atom. The van der Waals surface area contributed by atoms with Gasteiger partial charge in [-0.2, -0.15) is 5.26 Å². The van der Waals surface area contributed by atoms with Crippen LogP contribution in [0.1, 0.15) is 15.9 Å². The van der Waals surface area contributed by atoms with Crippen molar-refractivity contribution in [3.63, 3.8) is 0 Å². The fourth-order valence-electron chi connectivity index (χ4n) is 0.810. The van der Waals surface area contributed by atoms with Gasteiger partial charge in [-0.1, -0.05) is 0 Å². The van der Waals surface area contributed by atoms with Gasteiger partial charge in [0.1, 0.15) is 5.56 Å². The number of nitriles is 1. The van der Waals surface area contributed by atoms with E-state index in [4.69, 9.17) is 10.7 Å². The summed E-state index contributed by atoms with van der Waals surface area (Å²) in [5.74, 6) is 0. The minimum absolute atomic E-state index is 0.170. The molecule has 4 nitrogen and oxygen atoms in total. The van der Waals surface area contributed by atoms with Crippen molar-refractivity contribution in [2.24, 2.45) is 0 Å². The number of diazo groups is 1. The van der Waals surface area contributed by atoms with Crippen LogP contribution in [0.25, 0.3) is 4.98 Å². The predicted molar refractivity (Wildman–Crippen MR) is 41.3 cm³/mol. The fourth-order valence-corrected chi connectivity index (χ4v) is 0.810. The molecule has 56 valence electrons. The fraction of sp³-hybridized carbons (Fsp3) is 0. The predicted octanol–water partition coefficient (Wildman–Crippen LogP) is 1.86. The van der Waals surface area contributed by atoms with E-state index >= 15 is 0 Å². The molecule has 0 atom stereocenters. The summed E-state index contributed by atoms with van der Waals surface area (Å²) in [5.41, 5.74) is 0.741. The monoisotopic (exact) mass is 158 g/mol. The summed E-state index contributed by atoms with van der Waals surface area (Å²) in [4.78, 5) is 13.2. The largest absolute Gasteiger partial charge is 0.395 e. The molecule has 0 aliphatic carbocycles. The van der Waals surface area contributed by atoms with Crippen molar-refractivity contribution in [3.05, 3.63) is 34.3 Å². The van der Waals surface area contributed by atoms with Gasteiger partial charge in [-0.3, -0.25) is 4.79 Å². The van der Waals surface area contributed by atoms with Gasteiger partial charge < -0.3 is 0 Å². The standard InChI is InChI=1S/C8H4N3O/c9-4-6-1-2-8(11-10)7(3-6)5-12/h1-3,5H/q+1. The van der Waals surface area contributed by atoms with Gasteiger partial charge in [-0.05, 0) is 12.1 Å². The Kier molecular flexibility index (Phi) is 2.15. The van der Waals surface area contributed by atoms with Gasteiger partial charge in [0.15, 0.2) is 11.3 Å². The van der Waals surface area contributed by atoms with E-state index in [0.717, 1.165) is 0 Å². The number of hydrogen-bond donors (Lipinski definition) is 0. The molecule has 0 aliphatic heterocycles. The molecular formula is C8H4N3O+. The molecule has 0 spiro atoms. The van der Waals surface area contributed by atoms with E-state index < -0.39 is 0 Å². The van der Waals surface area contributed by atoms with E-state index in [-0.39, 0.29) is 11.3 Å². The van der Waals surface area contributed by atoms with E-state index in [1.165, 1.54) is 18.2 Å². The maximum absolute atomic E-state index is 10.4. The molecule has 4 heteroatoms. The number of aldehydes is 1. The van der Waals surface area contributed by atoms with Gasteiger partial charge in [0.25, 0.3) is 0 Å². The van der Waals surface area contributed by atoms with Crippen LogP contribution in [0.3, 0.4) is 0 Å². The summed E-state index contributed by atoms with van der Waals surface area (Å²) in [6.45, 7) is 0. The summed E-state index contributed by atoms with van der Waals surface area (Å²) in [6, 6.07) is 6.11. The minimum Gasteiger partial charge on any atom is -0.298 e. The van der Waals surface area contributed by atoms with Crippen LogP contribution in [0.5, 0.6) is 0 Å². The molecule has 1 rings (SSSR count). The van der Waals surface area contributed by atoms with Crippen molar-refractivity contribution >= 4 is 12.0 Å². The molecule has 1 aromatic rings. The van der Waals surface area contributed by atoms with Gasteiger partial charge in [0, 0.05) is 6.07 Å². The summed E-state index contributed by atoms with van der Waals surface area (Å²) in [7, 11) is 0. The third-order valence-electron chi connectivity index (χ3n) is 1.39. The zero-order valence-corrected chi connectivity index (χ0v) is 6.06. The molecule has 0 amide bonds. The summed E-state index contributed by atoms with van der Waals surface area (Å²) < 4.78 is 0. The molecule has 0 aliphatic rings. The Hall–Kier alpha value is -2.20. The van der Waals surface area contributed by atoms with E-state index in [2.05, 4.69) is 4.98 Å². The Morgan fingerprint density at radius 2 is 2.25 bits per heavy atom. The van der Waals surface area contributed by atoms with Crippen LogP contribution in [0.15, 0.2) is 18.2 Å². The van der Waals surface area contributed by atoms with Crippen molar-refractivity contribution < 1.29 is 4.79 Å². The van der Waals surface area contributed by atoms with Gasteiger partial charge >= 0.3 is 5.69 Å². The first-order chi connectivity index (χ1) is 5.81. The average Bonchev–Trinajstić information content (AvgIpc) is 2.16. The zero-order valence-electron chi connectivity index (χ0n) is 6.06. The molecule has 0 bridgehead atoms. The van der Waals surface area contributed by atoms with Crippen LogP contribution >= 0.6 is 0 Å². The van der Waals surface area contributed by atoms with Gasteiger partial charge in [-0.15, -0.1) is 0 Å². The van der Waals surface area contributed by atoms with Gasteiger partial charge in [0.2, 0.25) is 5.39 Å². The highest BCUT2D eigenvalue weighted by atomic mass is 16.1. The summed E-state index contributed by atoms with van der Waals surface area (Å²) >= 11 is 0. The molecule has 0 aromatic heterocycles. The highest BCUT2D eigenvalue weighted by Crippen LogP contribution is 2.18. The van der Waals surface area contributed by atoms with Crippen LogP contribution in [-0.4, -0.2) is 6.29 Å². The normalized spacial score (nSPS) is 8.17. The van der Waals surface area contributed by atoms with Gasteiger partial charge in [0.05, 0.1) is 11.6 Å². The second-order valence-corrected chi connectivity index (χ2v) is 2.10. The Labute approximate surface area is 68.7 Å². The molecule has 1 aromatic carbocycles. The summed E-state index contributed by atoms with van der Waals surface area (Å²) in [6.07, 6.45) is 0.538. The van der Waals surface area contributed by atoms with Crippen molar-refractivity contribution in [1.82, 2.24) is 0 Å². The molecule has 12 heavy (non-hydrogen) atoms. The number of hydrogen-bond acceptors (Lipinski definition) is 3. The van der Waals surface area contributed by atoms with Crippen molar-refractivity contribution in [1.29, 1.82) is 10.7 Å². The van der Waals surface area contributed by atoms with E-state index in [9.17, 15) is 4.79 Å². The lowest BCUT2D eigenvalue weighted by Gasteiger charge is -1.85. The number of nitrogens with zero attached hydrogens (tertiary/aromatic N) is 3. The molecule has 0 fully saturated rings.